The second-order valence-electron chi connectivity index (χ2n) is 7.81. The molecular formula is C24H24N4O2S. The van der Waals surface area contributed by atoms with Gasteiger partial charge in [-0.2, -0.15) is 11.3 Å². The van der Waals surface area contributed by atoms with E-state index in [1.165, 1.54) is 16.3 Å². The van der Waals surface area contributed by atoms with Gasteiger partial charge in [0.1, 0.15) is 0 Å². The highest BCUT2D eigenvalue weighted by atomic mass is 32.1. The molecule has 1 saturated heterocycles. The first kappa shape index (κ1) is 19.9. The molecule has 6 nitrogen and oxygen atoms in total. The van der Waals surface area contributed by atoms with Gasteiger partial charge in [0.05, 0.1) is 0 Å². The third-order valence-electron chi connectivity index (χ3n) is 5.79. The molecule has 0 spiro atoms. The molecule has 1 aliphatic rings. The van der Waals surface area contributed by atoms with E-state index in [4.69, 9.17) is 4.42 Å². The van der Waals surface area contributed by atoms with Gasteiger partial charge in [-0.25, -0.2) is 0 Å². The van der Waals surface area contributed by atoms with Crippen LogP contribution in [-0.2, 0) is 17.8 Å². The van der Waals surface area contributed by atoms with E-state index >= 15 is 0 Å². The Hall–Kier alpha value is -3.03. The molecule has 31 heavy (non-hydrogen) atoms. The number of aromatic nitrogens is 2. The minimum atomic E-state index is 0.153. The third kappa shape index (κ3) is 4.52. The number of hydrogen-bond acceptors (Lipinski definition) is 6. The van der Waals surface area contributed by atoms with Crippen molar-refractivity contribution in [2.45, 2.75) is 19.4 Å². The Morgan fingerprint density at radius 2 is 1.84 bits per heavy atom. The standard InChI is InChI=1S/C24H24N4O2S/c29-23(9-8-22-25-26-24(30-22)20-10-15-31-17-20)28-13-11-27(12-14-28)16-19-6-3-5-18-4-1-2-7-21(18)19/h1-7,10,15,17H,8-9,11-14,16H2. The quantitative estimate of drug-likeness (QED) is 0.456. The van der Waals surface area contributed by atoms with Crippen LogP contribution < -0.4 is 0 Å². The summed E-state index contributed by atoms with van der Waals surface area (Å²) in [4.78, 5) is 17.0. The number of piperazine rings is 1. The van der Waals surface area contributed by atoms with Crippen LogP contribution in [-0.4, -0.2) is 52.1 Å². The number of nitrogens with zero attached hydrogens (tertiary/aromatic N) is 4. The van der Waals surface area contributed by atoms with E-state index in [9.17, 15) is 4.79 Å². The van der Waals surface area contributed by atoms with Gasteiger partial charge in [-0.05, 0) is 27.8 Å². The number of aryl methyl sites for hydroxylation is 1. The maximum absolute atomic E-state index is 12.7. The molecule has 0 aliphatic carbocycles. The fourth-order valence-electron chi connectivity index (χ4n) is 4.06. The zero-order chi connectivity index (χ0) is 21.0. The summed E-state index contributed by atoms with van der Waals surface area (Å²) in [6.45, 7) is 4.20. The Labute approximate surface area is 185 Å². The average Bonchev–Trinajstić information content (AvgIpc) is 3.50. The SMILES string of the molecule is O=C(CCc1nnc(-c2ccsc2)o1)N1CCN(Cc2cccc3ccccc23)CC1. The van der Waals surface area contributed by atoms with Crippen molar-refractivity contribution in [3.05, 3.63) is 70.7 Å². The van der Waals surface area contributed by atoms with E-state index in [1.807, 2.05) is 21.7 Å². The highest BCUT2D eigenvalue weighted by Gasteiger charge is 2.22. The van der Waals surface area contributed by atoms with Crippen molar-refractivity contribution < 1.29 is 9.21 Å². The van der Waals surface area contributed by atoms with Gasteiger partial charge < -0.3 is 9.32 Å². The molecule has 5 rings (SSSR count). The molecule has 0 N–H and O–H groups in total. The second-order valence-corrected chi connectivity index (χ2v) is 8.59. The smallest absolute Gasteiger partial charge is 0.248 e. The van der Waals surface area contributed by atoms with Gasteiger partial charge in [-0.3, -0.25) is 9.69 Å². The first-order valence-electron chi connectivity index (χ1n) is 10.6. The summed E-state index contributed by atoms with van der Waals surface area (Å²) in [5.41, 5.74) is 2.27. The summed E-state index contributed by atoms with van der Waals surface area (Å²) in [5.74, 6) is 1.19. The molecule has 0 radical (unpaired) electrons. The summed E-state index contributed by atoms with van der Waals surface area (Å²) >= 11 is 1.59. The van der Waals surface area contributed by atoms with Gasteiger partial charge >= 0.3 is 0 Å². The molecule has 3 heterocycles. The van der Waals surface area contributed by atoms with Crippen molar-refractivity contribution in [3.63, 3.8) is 0 Å². The molecule has 0 atom stereocenters. The van der Waals surface area contributed by atoms with E-state index in [1.54, 1.807) is 11.3 Å². The van der Waals surface area contributed by atoms with Crippen LogP contribution in [0.4, 0.5) is 0 Å². The normalized spacial score (nSPS) is 14.9. The highest BCUT2D eigenvalue weighted by molar-refractivity contribution is 7.08. The molecule has 158 valence electrons. The number of benzene rings is 2. The molecule has 0 saturated carbocycles. The minimum absolute atomic E-state index is 0.153. The lowest BCUT2D eigenvalue weighted by molar-refractivity contribution is -0.133. The van der Waals surface area contributed by atoms with Crippen LogP contribution in [0.5, 0.6) is 0 Å². The van der Waals surface area contributed by atoms with Gasteiger partial charge in [-0.1, -0.05) is 42.5 Å². The number of amides is 1. The fourth-order valence-corrected chi connectivity index (χ4v) is 4.69. The molecule has 1 amide bonds. The van der Waals surface area contributed by atoms with Crippen LogP contribution in [0.3, 0.4) is 0 Å². The Bertz CT molecular complexity index is 1160. The number of carbonyl (C=O) groups excluding carboxylic acids is 1. The lowest BCUT2D eigenvalue weighted by Gasteiger charge is -2.35. The predicted molar refractivity (Wildman–Crippen MR) is 122 cm³/mol. The Kier molecular flexibility index (Phi) is 5.78. The van der Waals surface area contributed by atoms with E-state index < -0.39 is 0 Å². The van der Waals surface area contributed by atoms with E-state index in [-0.39, 0.29) is 5.91 Å². The number of thiophene rings is 1. The van der Waals surface area contributed by atoms with Crippen molar-refractivity contribution in [2.75, 3.05) is 26.2 Å². The number of hydrogen-bond donors (Lipinski definition) is 0. The summed E-state index contributed by atoms with van der Waals surface area (Å²) in [6.07, 6.45) is 0.876. The lowest BCUT2D eigenvalue weighted by atomic mass is 10.0. The van der Waals surface area contributed by atoms with Crippen LogP contribution in [0.2, 0.25) is 0 Å². The zero-order valence-corrected chi connectivity index (χ0v) is 18.1. The van der Waals surface area contributed by atoms with Crippen LogP contribution in [0.1, 0.15) is 17.9 Å². The summed E-state index contributed by atoms with van der Waals surface area (Å²) < 4.78 is 5.69. The molecular weight excluding hydrogens is 408 g/mol. The van der Waals surface area contributed by atoms with E-state index in [0.29, 0.717) is 24.6 Å². The summed E-state index contributed by atoms with van der Waals surface area (Å²) in [6, 6.07) is 16.9. The molecule has 2 aromatic carbocycles. The van der Waals surface area contributed by atoms with Crippen molar-refractivity contribution in [1.82, 2.24) is 20.0 Å². The monoisotopic (exact) mass is 432 g/mol. The highest BCUT2D eigenvalue weighted by Crippen LogP contribution is 2.22. The Morgan fingerprint density at radius 3 is 2.68 bits per heavy atom. The molecule has 0 unspecified atom stereocenters. The molecule has 2 aromatic heterocycles. The van der Waals surface area contributed by atoms with Gasteiger partial charge in [0.2, 0.25) is 17.7 Å². The first-order chi connectivity index (χ1) is 15.3. The maximum Gasteiger partial charge on any atom is 0.248 e. The lowest BCUT2D eigenvalue weighted by Crippen LogP contribution is -2.48. The fraction of sp³-hybridized carbons (Fsp3) is 0.292. The molecule has 1 fully saturated rings. The van der Waals surface area contributed by atoms with Crippen LogP contribution >= 0.6 is 11.3 Å². The van der Waals surface area contributed by atoms with Crippen molar-refractivity contribution >= 4 is 28.0 Å². The van der Waals surface area contributed by atoms with E-state index in [0.717, 1.165) is 38.3 Å². The van der Waals surface area contributed by atoms with Gasteiger partial charge in [-0.15, -0.1) is 10.2 Å². The maximum atomic E-state index is 12.7. The van der Waals surface area contributed by atoms with Crippen molar-refractivity contribution in [2.24, 2.45) is 0 Å². The number of carbonyl (C=O) groups is 1. The topological polar surface area (TPSA) is 62.5 Å². The zero-order valence-electron chi connectivity index (χ0n) is 17.2. The summed E-state index contributed by atoms with van der Waals surface area (Å²) in [5, 5.41) is 14.7. The van der Waals surface area contributed by atoms with Crippen LogP contribution in [0.25, 0.3) is 22.2 Å². The first-order valence-corrected chi connectivity index (χ1v) is 11.5. The minimum Gasteiger partial charge on any atom is -0.421 e. The van der Waals surface area contributed by atoms with Crippen molar-refractivity contribution in [1.29, 1.82) is 0 Å². The largest absolute Gasteiger partial charge is 0.421 e. The summed E-state index contributed by atoms with van der Waals surface area (Å²) in [7, 11) is 0. The predicted octanol–water partition coefficient (Wildman–Crippen LogP) is 4.23. The second kappa shape index (κ2) is 8.99. The molecule has 7 heteroatoms. The van der Waals surface area contributed by atoms with Gasteiger partial charge in [0.25, 0.3) is 0 Å². The molecule has 1 aliphatic heterocycles. The number of fused-ring (bicyclic) bond motifs is 1. The number of rotatable bonds is 6. The molecule has 4 aromatic rings. The van der Waals surface area contributed by atoms with Crippen molar-refractivity contribution in [3.8, 4) is 11.5 Å². The van der Waals surface area contributed by atoms with Crippen LogP contribution in [0, 0.1) is 0 Å². The van der Waals surface area contributed by atoms with Crippen LogP contribution in [0.15, 0.2) is 63.7 Å². The van der Waals surface area contributed by atoms with E-state index in [2.05, 4.69) is 57.6 Å². The van der Waals surface area contributed by atoms with Gasteiger partial charge in [0, 0.05) is 56.5 Å². The average molecular weight is 433 g/mol. The third-order valence-corrected chi connectivity index (χ3v) is 6.47. The Morgan fingerprint density at radius 1 is 1.00 bits per heavy atom. The Balaban J connectivity index is 1.12. The molecule has 0 bridgehead atoms. The van der Waals surface area contributed by atoms with Gasteiger partial charge in [0.15, 0.2) is 0 Å².